The second-order valence-electron chi connectivity index (χ2n) is 11.0. The van der Waals surface area contributed by atoms with Gasteiger partial charge in [0.25, 0.3) is 0 Å². The zero-order valence-corrected chi connectivity index (χ0v) is 28.4. The first-order valence-electron chi connectivity index (χ1n) is 15.6. The third-order valence-corrected chi connectivity index (χ3v) is 10.1. The number of hydrogen-bond acceptors (Lipinski definition) is 4. The summed E-state index contributed by atoms with van der Waals surface area (Å²) in [5.74, 6) is 0.480. The van der Waals surface area contributed by atoms with E-state index in [9.17, 15) is 9.59 Å². The first-order valence-corrected chi connectivity index (χ1v) is 19.6. The molecule has 0 amide bonds. The number of rotatable bonds is 24. The Balaban J connectivity index is 0. The van der Waals surface area contributed by atoms with Gasteiger partial charge in [0.15, 0.2) is 0 Å². The summed E-state index contributed by atoms with van der Waals surface area (Å²) >= 11 is 0.104. The van der Waals surface area contributed by atoms with Crippen molar-refractivity contribution in [3.63, 3.8) is 0 Å². The quantitative estimate of drug-likeness (QED) is 0.0462. The van der Waals surface area contributed by atoms with Crippen LogP contribution in [0.25, 0.3) is 0 Å². The summed E-state index contributed by atoms with van der Waals surface area (Å²) < 4.78 is 13.4. The average Bonchev–Trinajstić information content (AvgIpc) is 2.86. The summed E-state index contributed by atoms with van der Waals surface area (Å²) in [7, 11) is 0. The van der Waals surface area contributed by atoms with Crippen molar-refractivity contribution in [1.82, 2.24) is 0 Å². The molecule has 0 atom stereocenters. The summed E-state index contributed by atoms with van der Waals surface area (Å²) in [6, 6.07) is 0. The Labute approximate surface area is 241 Å². The molecule has 37 heavy (non-hydrogen) atoms. The summed E-state index contributed by atoms with van der Waals surface area (Å²) in [6.45, 7) is 14.2. The molecule has 0 aromatic heterocycles. The standard InChI is InChI=1S/C20H36O4.2C6H13.Sn/c1-17(2)11-7-5-9-15-23-19(21)13-14-20(22)24-16-10-6-8-12-18(3)4;2*1-3-5-6-4-2;/h13-14,17-18H,5-12,15-16H2,1-4H3;2*1,3-6H2,2H3;/b14-13-;;;. The van der Waals surface area contributed by atoms with Crippen molar-refractivity contribution in [2.24, 2.45) is 11.8 Å². The van der Waals surface area contributed by atoms with Gasteiger partial charge < -0.3 is 9.47 Å². The molecule has 0 aromatic rings. The molecule has 0 heterocycles. The van der Waals surface area contributed by atoms with E-state index in [2.05, 4.69) is 41.5 Å². The third-order valence-electron chi connectivity index (χ3n) is 6.11. The third kappa shape index (κ3) is 37.7. The SMILES string of the molecule is CC(C)CCCCCOC(=O)/C=C\C(=O)OCCCCCC(C)C.CCCCC[CH2][Sn][CH2]CCCCC. The molecular weight excluding hydrogens is 567 g/mol. The summed E-state index contributed by atoms with van der Waals surface area (Å²) in [5, 5.41) is 0. The average molecular weight is 630 g/mol. The zero-order chi connectivity index (χ0) is 28.0. The Morgan fingerprint density at radius 3 is 1.30 bits per heavy atom. The van der Waals surface area contributed by atoms with Gasteiger partial charge in [-0.3, -0.25) is 0 Å². The second kappa shape index (κ2) is 31.7. The van der Waals surface area contributed by atoms with Gasteiger partial charge in [-0.15, -0.1) is 0 Å². The van der Waals surface area contributed by atoms with Crippen LogP contribution in [-0.2, 0) is 19.1 Å². The van der Waals surface area contributed by atoms with Crippen molar-refractivity contribution in [3.05, 3.63) is 12.2 Å². The van der Waals surface area contributed by atoms with Gasteiger partial charge in [-0.25, -0.2) is 9.59 Å². The fraction of sp³-hybridized carbons (Fsp3) is 0.875. The second-order valence-corrected chi connectivity index (χ2v) is 15.3. The van der Waals surface area contributed by atoms with E-state index in [4.69, 9.17) is 9.47 Å². The maximum absolute atomic E-state index is 11.5. The van der Waals surface area contributed by atoms with Crippen molar-refractivity contribution in [3.8, 4) is 0 Å². The van der Waals surface area contributed by atoms with Crippen LogP contribution in [0.3, 0.4) is 0 Å². The molecule has 0 aliphatic rings. The van der Waals surface area contributed by atoms with E-state index in [0.29, 0.717) is 13.2 Å². The van der Waals surface area contributed by atoms with E-state index >= 15 is 0 Å². The Morgan fingerprint density at radius 1 is 0.568 bits per heavy atom. The van der Waals surface area contributed by atoms with Crippen LogP contribution in [0.15, 0.2) is 12.2 Å². The summed E-state index contributed by atoms with van der Waals surface area (Å²) in [4.78, 5) is 22.9. The predicted molar refractivity (Wildman–Crippen MR) is 161 cm³/mol. The monoisotopic (exact) mass is 630 g/mol. The Morgan fingerprint density at radius 2 is 0.946 bits per heavy atom. The maximum atomic E-state index is 11.5. The van der Waals surface area contributed by atoms with Crippen LogP contribution < -0.4 is 0 Å². The number of esters is 2. The van der Waals surface area contributed by atoms with E-state index in [1.54, 1.807) is 21.7 Å². The molecular formula is C32H62O4Sn. The van der Waals surface area contributed by atoms with Gasteiger partial charge in [0.2, 0.25) is 0 Å². The minimum atomic E-state index is -0.479. The normalized spacial score (nSPS) is 11.1. The van der Waals surface area contributed by atoms with E-state index < -0.39 is 11.9 Å². The molecule has 0 fully saturated rings. The summed E-state index contributed by atoms with van der Waals surface area (Å²) in [6.07, 6.45) is 22.7. The van der Waals surface area contributed by atoms with E-state index in [0.717, 1.165) is 62.5 Å². The Hall–Kier alpha value is -0.521. The molecule has 4 nitrogen and oxygen atoms in total. The predicted octanol–water partition coefficient (Wildman–Crippen LogP) is 9.75. The van der Waals surface area contributed by atoms with Crippen LogP contribution in [0.2, 0.25) is 8.87 Å². The molecule has 0 aromatic carbocycles. The molecule has 0 spiro atoms. The molecule has 0 unspecified atom stereocenters. The molecule has 0 bridgehead atoms. The zero-order valence-electron chi connectivity index (χ0n) is 25.6. The minimum absolute atomic E-state index is 0.104. The molecule has 5 heteroatoms. The molecule has 0 saturated heterocycles. The van der Waals surface area contributed by atoms with Crippen molar-refractivity contribution >= 4 is 33.1 Å². The molecule has 218 valence electrons. The number of ether oxygens (including phenoxy) is 2. The topological polar surface area (TPSA) is 52.6 Å². The van der Waals surface area contributed by atoms with Crippen molar-refractivity contribution < 1.29 is 19.1 Å². The number of carbonyl (C=O) groups is 2. The van der Waals surface area contributed by atoms with Crippen molar-refractivity contribution in [2.75, 3.05) is 13.2 Å². The summed E-state index contributed by atoms with van der Waals surface area (Å²) in [5.41, 5.74) is 0. The molecule has 0 saturated carbocycles. The molecule has 0 N–H and O–H groups in total. The van der Waals surface area contributed by atoms with Crippen LogP contribution in [0.4, 0.5) is 0 Å². The van der Waals surface area contributed by atoms with E-state index in [1.807, 2.05) is 0 Å². The Bertz CT molecular complexity index is 473. The number of hydrogen-bond donors (Lipinski definition) is 0. The van der Waals surface area contributed by atoms with Gasteiger partial charge in [-0.2, -0.15) is 0 Å². The Kier molecular flexibility index (Phi) is 33.1. The first-order chi connectivity index (χ1) is 17.8. The number of carbonyl (C=O) groups excluding carboxylic acids is 2. The number of unbranched alkanes of at least 4 members (excludes halogenated alkanes) is 10. The van der Waals surface area contributed by atoms with Gasteiger partial charge in [-0.05, 0) is 24.7 Å². The van der Waals surface area contributed by atoms with Gasteiger partial charge in [-0.1, -0.05) is 66.2 Å². The fourth-order valence-corrected chi connectivity index (χ4v) is 7.29. The van der Waals surface area contributed by atoms with E-state index in [-0.39, 0.29) is 21.1 Å². The van der Waals surface area contributed by atoms with Gasteiger partial charge in [0.05, 0.1) is 13.2 Å². The van der Waals surface area contributed by atoms with Crippen LogP contribution in [0.1, 0.15) is 144 Å². The van der Waals surface area contributed by atoms with E-state index in [1.165, 1.54) is 51.4 Å². The van der Waals surface area contributed by atoms with Crippen LogP contribution in [0.5, 0.6) is 0 Å². The van der Waals surface area contributed by atoms with Crippen LogP contribution in [0, 0.1) is 11.8 Å². The van der Waals surface area contributed by atoms with Crippen molar-refractivity contribution in [1.29, 1.82) is 0 Å². The molecule has 0 rings (SSSR count). The molecule has 0 aliphatic carbocycles. The van der Waals surface area contributed by atoms with Crippen molar-refractivity contribution in [2.45, 2.75) is 153 Å². The molecule has 2 radical (unpaired) electrons. The van der Waals surface area contributed by atoms with Gasteiger partial charge in [0, 0.05) is 12.2 Å². The fourth-order valence-electron chi connectivity index (χ4n) is 3.72. The molecule has 0 aliphatic heterocycles. The van der Waals surface area contributed by atoms with Gasteiger partial charge >= 0.3 is 107 Å². The van der Waals surface area contributed by atoms with Crippen LogP contribution in [-0.4, -0.2) is 46.3 Å². The first kappa shape index (κ1) is 38.6. The van der Waals surface area contributed by atoms with Gasteiger partial charge in [0.1, 0.15) is 0 Å². The van der Waals surface area contributed by atoms with Crippen LogP contribution >= 0.6 is 0 Å².